The van der Waals surface area contributed by atoms with Crippen molar-refractivity contribution >= 4 is 17.5 Å². The van der Waals surface area contributed by atoms with E-state index in [4.69, 9.17) is 5.11 Å². The molecule has 0 heterocycles. The molecule has 0 radical (unpaired) electrons. The number of hydrogen-bond acceptors (Lipinski definition) is 4. The lowest BCUT2D eigenvalue weighted by atomic mass is 10.3. The fourth-order valence-electron chi connectivity index (χ4n) is 1.44. The molecule has 0 aliphatic heterocycles. The van der Waals surface area contributed by atoms with Crippen LogP contribution in [0.5, 0.6) is 5.75 Å². The van der Waals surface area contributed by atoms with Crippen LogP contribution in [0.3, 0.4) is 0 Å². The van der Waals surface area contributed by atoms with Crippen LogP contribution in [0, 0.1) is 0 Å². The fraction of sp³-hybridized carbons (Fsp3) is 0.333. The van der Waals surface area contributed by atoms with Crippen molar-refractivity contribution in [2.75, 3.05) is 25.0 Å². The largest absolute Gasteiger partial charge is 0.508 e. The van der Waals surface area contributed by atoms with Crippen LogP contribution in [-0.4, -0.2) is 46.6 Å². The molecular weight excluding hydrogens is 236 g/mol. The lowest BCUT2D eigenvalue weighted by molar-refractivity contribution is -0.143. The van der Waals surface area contributed by atoms with Gasteiger partial charge in [0.2, 0.25) is 0 Å². The summed E-state index contributed by atoms with van der Waals surface area (Å²) in [7, 11) is 0. The van der Waals surface area contributed by atoms with Crippen molar-refractivity contribution in [1.82, 2.24) is 4.90 Å². The number of phenolic OH excluding ortho intramolecular Hbond substituents is 1. The first kappa shape index (κ1) is 14.0. The summed E-state index contributed by atoms with van der Waals surface area (Å²) in [5, 5.41) is 20.4. The number of carbonyl (C=O) groups is 2. The van der Waals surface area contributed by atoms with Crippen LogP contribution in [0.4, 0.5) is 5.69 Å². The highest BCUT2D eigenvalue weighted by Crippen LogP contribution is 2.15. The second kappa shape index (κ2) is 6.61. The van der Waals surface area contributed by atoms with E-state index in [-0.39, 0.29) is 18.9 Å². The Morgan fingerprint density at radius 2 is 2.11 bits per heavy atom. The number of amides is 2. The number of benzene rings is 1. The molecule has 98 valence electrons. The van der Waals surface area contributed by atoms with Crippen LogP contribution in [0.1, 0.15) is 6.92 Å². The van der Waals surface area contributed by atoms with Crippen molar-refractivity contribution in [2.24, 2.45) is 0 Å². The Labute approximate surface area is 105 Å². The minimum absolute atomic E-state index is 0.00274. The molecule has 3 N–H and O–H groups in total. The van der Waals surface area contributed by atoms with E-state index in [1.54, 1.807) is 19.1 Å². The molecule has 2 amide bonds. The molecule has 0 aromatic heterocycles. The monoisotopic (exact) mass is 252 g/mol. The Balaban J connectivity index is 2.67. The van der Waals surface area contributed by atoms with E-state index in [1.165, 1.54) is 17.0 Å². The molecule has 6 nitrogen and oxygen atoms in total. The van der Waals surface area contributed by atoms with Crippen LogP contribution in [0.2, 0.25) is 0 Å². The molecule has 0 saturated carbocycles. The normalized spacial score (nSPS) is 9.89. The van der Waals surface area contributed by atoms with Gasteiger partial charge in [-0.3, -0.25) is 9.59 Å². The van der Waals surface area contributed by atoms with E-state index >= 15 is 0 Å². The Hall–Kier alpha value is -2.08. The van der Waals surface area contributed by atoms with Gasteiger partial charge >= 0.3 is 11.8 Å². The SMILES string of the molecule is CCN(CCO)C(=O)C(=O)Nc1cccc(O)c1. The quantitative estimate of drug-likeness (QED) is 0.666. The van der Waals surface area contributed by atoms with Crippen molar-refractivity contribution in [3.8, 4) is 5.75 Å². The number of phenols is 1. The minimum atomic E-state index is -0.795. The predicted octanol–water partition coefficient (Wildman–Crippen LogP) is 0.171. The van der Waals surface area contributed by atoms with Gasteiger partial charge in [0, 0.05) is 24.8 Å². The van der Waals surface area contributed by atoms with Gasteiger partial charge in [0.1, 0.15) is 5.75 Å². The highest BCUT2D eigenvalue weighted by Gasteiger charge is 2.20. The third-order valence-electron chi connectivity index (χ3n) is 2.34. The van der Waals surface area contributed by atoms with Gasteiger partial charge in [0.05, 0.1) is 6.61 Å². The summed E-state index contributed by atoms with van der Waals surface area (Å²) in [5.74, 6) is -1.51. The second-order valence-corrected chi connectivity index (χ2v) is 3.61. The number of aliphatic hydroxyl groups excluding tert-OH is 1. The van der Waals surface area contributed by atoms with Gasteiger partial charge in [-0.1, -0.05) is 6.07 Å². The number of carbonyl (C=O) groups excluding carboxylic acids is 2. The van der Waals surface area contributed by atoms with Gasteiger partial charge in [-0.25, -0.2) is 0 Å². The Morgan fingerprint density at radius 1 is 1.39 bits per heavy atom. The average molecular weight is 252 g/mol. The zero-order valence-corrected chi connectivity index (χ0v) is 10.1. The minimum Gasteiger partial charge on any atom is -0.508 e. The first-order valence-electron chi connectivity index (χ1n) is 5.58. The van der Waals surface area contributed by atoms with E-state index in [2.05, 4.69) is 5.32 Å². The number of aliphatic hydroxyl groups is 1. The van der Waals surface area contributed by atoms with Gasteiger partial charge in [0.15, 0.2) is 0 Å². The summed E-state index contributed by atoms with van der Waals surface area (Å²) in [6.45, 7) is 1.98. The fourth-order valence-corrected chi connectivity index (χ4v) is 1.44. The summed E-state index contributed by atoms with van der Waals surface area (Å²) < 4.78 is 0. The lowest BCUT2D eigenvalue weighted by Crippen LogP contribution is -2.41. The molecule has 0 spiro atoms. The van der Waals surface area contributed by atoms with Crippen molar-refractivity contribution in [1.29, 1.82) is 0 Å². The summed E-state index contributed by atoms with van der Waals surface area (Å²) >= 11 is 0. The number of rotatable bonds is 4. The molecule has 0 bridgehead atoms. The van der Waals surface area contributed by atoms with Crippen LogP contribution in [0.15, 0.2) is 24.3 Å². The third kappa shape index (κ3) is 3.74. The molecule has 18 heavy (non-hydrogen) atoms. The molecule has 0 unspecified atom stereocenters. The van der Waals surface area contributed by atoms with Crippen molar-refractivity contribution in [2.45, 2.75) is 6.92 Å². The van der Waals surface area contributed by atoms with Gasteiger partial charge in [-0.05, 0) is 19.1 Å². The van der Waals surface area contributed by atoms with Crippen molar-refractivity contribution < 1.29 is 19.8 Å². The zero-order valence-electron chi connectivity index (χ0n) is 10.1. The molecule has 0 saturated heterocycles. The maximum Gasteiger partial charge on any atom is 0.313 e. The van der Waals surface area contributed by atoms with E-state index in [0.717, 1.165) is 0 Å². The molecule has 0 aliphatic rings. The standard InChI is InChI=1S/C12H16N2O4/c1-2-14(6-7-15)12(18)11(17)13-9-4-3-5-10(16)8-9/h3-5,8,15-16H,2,6-7H2,1H3,(H,13,17). The number of nitrogens with zero attached hydrogens (tertiary/aromatic N) is 1. The summed E-state index contributed by atoms with van der Waals surface area (Å²) in [4.78, 5) is 24.6. The summed E-state index contributed by atoms with van der Waals surface area (Å²) in [6, 6.07) is 5.92. The van der Waals surface area contributed by atoms with Crippen LogP contribution in [0.25, 0.3) is 0 Å². The van der Waals surface area contributed by atoms with Gasteiger partial charge in [0.25, 0.3) is 0 Å². The number of nitrogens with one attached hydrogen (secondary N) is 1. The first-order valence-corrected chi connectivity index (χ1v) is 5.58. The predicted molar refractivity (Wildman–Crippen MR) is 66.1 cm³/mol. The van der Waals surface area contributed by atoms with E-state index in [1.807, 2.05) is 0 Å². The van der Waals surface area contributed by atoms with Crippen molar-refractivity contribution in [3.63, 3.8) is 0 Å². The molecule has 0 fully saturated rings. The van der Waals surface area contributed by atoms with E-state index < -0.39 is 11.8 Å². The Kier molecular flexibility index (Phi) is 5.13. The number of hydrogen-bond donors (Lipinski definition) is 3. The van der Waals surface area contributed by atoms with E-state index in [9.17, 15) is 14.7 Å². The third-order valence-corrected chi connectivity index (χ3v) is 2.34. The molecule has 0 atom stereocenters. The molecule has 1 aromatic carbocycles. The van der Waals surface area contributed by atoms with E-state index in [0.29, 0.717) is 12.2 Å². The van der Waals surface area contributed by atoms with Crippen LogP contribution in [-0.2, 0) is 9.59 Å². The Morgan fingerprint density at radius 3 is 2.67 bits per heavy atom. The number of anilines is 1. The van der Waals surface area contributed by atoms with Gasteiger partial charge in [-0.2, -0.15) is 0 Å². The van der Waals surface area contributed by atoms with Crippen molar-refractivity contribution in [3.05, 3.63) is 24.3 Å². The molecule has 6 heteroatoms. The molecule has 0 aliphatic carbocycles. The molecule has 1 aromatic rings. The first-order chi connectivity index (χ1) is 8.58. The maximum atomic E-state index is 11.7. The molecular formula is C12H16N2O4. The lowest BCUT2D eigenvalue weighted by Gasteiger charge is -2.18. The number of aromatic hydroxyl groups is 1. The average Bonchev–Trinajstić information content (AvgIpc) is 2.35. The number of likely N-dealkylation sites (N-methyl/N-ethyl adjacent to an activating group) is 1. The van der Waals surface area contributed by atoms with Crippen LogP contribution < -0.4 is 5.32 Å². The molecule has 1 rings (SSSR count). The highest BCUT2D eigenvalue weighted by atomic mass is 16.3. The zero-order chi connectivity index (χ0) is 13.5. The highest BCUT2D eigenvalue weighted by molar-refractivity contribution is 6.39. The van der Waals surface area contributed by atoms with Gasteiger partial charge < -0.3 is 20.4 Å². The Bertz CT molecular complexity index is 434. The summed E-state index contributed by atoms with van der Waals surface area (Å²) in [5.41, 5.74) is 0.341. The van der Waals surface area contributed by atoms with Gasteiger partial charge in [-0.15, -0.1) is 0 Å². The van der Waals surface area contributed by atoms with Crippen LogP contribution >= 0.6 is 0 Å². The topological polar surface area (TPSA) is 89.9 Å². The maximum absolute atomic E-state index is 11.7. The smallest absolute Gasteiger partial charge is 0.313 e. The summed E-state index contributed by atoms with van der Waals surface area (Å²) in [6.07, 6.45) is 0. The second-order valence-electron chi connectivity index (χ2n) is 3.61.